The van der Waals surface area contributed by atoms with E-state index >= 15 is 0 Å². The summed E-state index contributed by atoms with van der Waals surface area (Å²) in [5, 5.41) is 7.15. The number of carbonyl (C=O) groups excluding carboxylic acids is 1. The zero-order chi connectivity index (χ0) is 17.4. The molecule has 25 heavy (non-hydrogen) atoms. The Balaban J connectivity index is 1.62. The molecule has 3 aromatic rings. The van der Waals surface area contributed by atoms with Crippen molar-refractivity contribution in [3.8, 4) is 17.0 Å². The molecule has 1 heterocycles. The Morgan fingerprint density at radius 2 is 1.96 bits per heavy atom. The molecule has 0 atom stereocenters. The number of ether oxygens (including phenoxy) is 1. The van der Waals surface area contributed by atoms with E-state index in [2.05, 4.69) is 10.2 Å². The van der Waals surface area contributed by atoms with Crippen molar-refractivity contribution in [3.63, 3.8) is 0 Å². The topological polar surface area (TPSA) is 55.0 Å². The number of ketones is 1. The Kier molecular flexibility index (Phi) is 3.69. The molecule has 4 nitrogen and oxygen atoms in total. The van der Waals surface area contributed by atoms with Gasteiger partial charge in [0, 0.05) is 23.1 Å². The fourth-order valence-electron chi connectivity index (χ4n) is 3.01. The van der Waals surface area contributed by atoms with Crippen LogP contribution in [0.25, 0.3) is 17.3 Å². The molecule has 0 bridgehead atoms. The number of fused-ring (bicyclic) bond motifs is 1. The molecule has 1 aliphatic carbocycles. The molecule has 0 amide bonds. The highest BCUT2D eigenvalue weighted by molar-refractivity contribution is 6.15. The van der Waals surface area contributed by atoms with E-state index in [9.17, 15) is 9.18 Å². The second kappa shape index (κ2) is 6.02. The monoisotopic (exact) mass is 334 g/mol. The Hall–Kier alpha value is -3.21. The van der Waals surface area contributed by atoms with Crippen LogP contribution in [-0.4, -0.2) is 23.1 Å². The molecule has 0 aliphatic heterocycles. The minimum Gasteiger partial charge on any atom is -0.497 e. The molecule has 4 rings (SSSR count). The van der Waals surface area contributed by atoms with Crippen molar-refractivity contribution in [2.24, 2.45) is 0 Å². The molecule has 2 aromatic carbocycles. The van der Waals surface area contributed by atoms with Gasteiger partial charge >= 0.3 is 0 Å². The number of hydrogen-bond donors (Lipinski definition) is 1. The van der Waals surface area contributed by atoms with Gasteiger partial charge in [-0.1, -0.05) is 0 Å². The van der Waals surface area contributed by atoms with Crippen LogP contribution in [0.1, 0.15) is 21.6 Å². The van der Waals surface area contributed by atoms with Crippen molar-refractivity contribution >= 4 is 11.9 Å². The maximum Gasteiger partial charge on any atom is 0.189 e. The molecule has 124 valence electrons. The quantitative estimate of drug-likeness (QED) is 0.735. The lowest BCUT2D eigenvalue weighted by molar-refractivity contribution is 0.104. The molecule has 1 aliphatic rings. The number of halogens is 1. The van der Waals surface area contributed by atoms with Gasteiger partial charge in [0.1, 0.15) is 11.6 Å². The van der Waals surface area contributed by atoms with E-state index in [1.54, 1.807) is 31.4 Å². The van der Waals surface area contributed by atoms with Gasteiger partial charge in [0.2, 0.25) is 0 Å². The lowest BCUT2D eigenvalue weighted by atomic mass is 10.1. The van der Waals surface area contributed by atoms with E-state index in [-0.39, 0.29) is 11.6 Å². The highest BCUT2D eigenvalue weighted by Gasteiger charge is 2.25. The van der Waals surface area contributed by atoms with Crippen LogP contribution in [0.2, 0.25) is 0 Å². The average molecular weight is 334 g/mol. The Labute approximate surface area is 144 Å². The van der Waals surface area contributed by atoms with Gasteiger partial charge in [-0.2, -0.15) is 5.10 Å². The summed E-state index contributed by atoms with van der Waals surface area (Å²) in [6.07, 6.45) is 2.38. The predicted octanol–water partition coefficient (Wildman–Crippen LogP) is 4.05. The molecular formula is C20H15FN2O2. The van der Waals surface area contributed by atoms with E-state index in [1.165, 1.54) is 12.1 Å². The highest BCUT2D eigenvalue weighted by Crippen LogP contribution is 2.30. The molecule has 0 saturated carbocycles. The van der Waals surface area contributed by atoms with Crippen molar-refractivity contribution in [2.75, 3.05) is 7.11 Å². The third-order valence-electron chi connectivity index (χ3n) is 4.30. The second-order valence-corrected chi connectivity index (χ2v) is 5.91. The minimum absolute atomic E-state index is 0.0237. The summed E-state index contributed by atoms with van der Waals surface area (Å²) in [5.74, 6) is 0.481. The SMILES string of the molecule is COc1ccc2c(c1)CC(=Cc1cc(-c3ccc(F)cc3)n[nH]1)C2=O. The van der Waals surface area contributed by atoms with Gasteiger partial charge in [0.25, 0.3) is 0 Å². The molecule has 1 aromatic heterocycles. The first-order chi connectivity index (χ1) is 12.1. The fraction of sp³-hybridized carbons (Fsp3) is 0.100. The van der Waals surface area contributed by atoms with Crippen LogP contribution in [0.4, 0.5) is 4.39 Å². The number of nitrogens with zero attached hydrogens (tertiary/aromatic N) is 1. The smallest absolute Gasteiger partial charge is 0.189 e. The summed E-state index contributed by atoms with van der Waals surface area (Å²) in [5.41, 5.74) is 4.64. The molecule has 5 heteroatoms. The summed E-state index contributed by atoms with van der Waals surface area (Å²) in [6, 6.07) is 13.5. The second-order valence-electron chi connectivity index (χ2n) is 5.91. The number of Topliss-reactive ketones (excluding diaryl/α,β-unsaturated/α-hetero) is 1. The summed E-state index contributed by atoms with van der Waals surface area (Å²) in [4.78, 5) is 12.5. The zero-order valence-corrected chi connectivity index (χ0v) is 13.5. The van der Waals surface area contributed by atoms with Crippen molar-refractivity contribution in [2.45, 2.75) is 6.42 Å². The van der Waals surface area contributed by atoms with Gasteiger partial charge in [-0.05, 0) is 60.2 Å². The number of aromatic amines is 1. The Morgan fingerprint density at radius 1 is 1.16 bits per heavy atom. The summed E-state index contributed by atoms with van der Waals surface area (Å²) in [6.45, 7) is 0. The summed E-state index contributed by atoms with van der Waals surface area (Å²) in [7, 11) is 1.61. The van der Waals surface area contributed by atoms with Gasteiger partial charge < -0.3 is 4.74 Å². The number of methoxy groups -OCH3 is 1. The summed E-state index contributed by atoms with van der Waals surface area (Å²) < 4.78 is 18.2. The Morgan fingerprint density at radius 3 is 2.72 bits per heavy atom. The lowest BCUT2D eigenvalue weighted by Crippen LogP contribution is -1.95. The first kappa shape index (κ1) is 15.3. The van der Waals surface area contributed by atoms with Crippen molar-refractivity contribution < 1.29 is 13.9 Å². The van der Waals surface area contributed by atoms with E-state index in [0.29, 0.717) is 23.3 Å². The summed E-state index contributed by atoms with van der Waals surface area (Å²) >= 11 is 0. The van der Waals surface area contributed by atoms with Gasteiger partial charge in [-0.3, -0.25) is 9.89 Å². The Bertz CT molecular complexity index is 987. The van der Waals surface area contributed by atoms with Crippen molar-refractivity contribution in [3.05, 3.63) is 76.7 Å². The number of aromatic nitrogens is 2. The van der Waals surface area contributed by atoms with Crippen LogP contribution in [0.3, 0.4) is 0 Å². The maximum atomic E-state index is 13.0. The third kappa shape index (κ3) is 2.85. The number of H-pyrrole nitrogens is 1. The molecule has 1 N–H and O–H groups in total. The van der Waals surface area contributed by atoms with E-state index < -0.39 is 0 Å². The molecule has 0 fully saturated rings. The average Bonchev–Trinajstić information content (AvgIpc) is 3.21. The minimum atomic E-state index is -0.286. The van der Waals surface area contributed by atoms with E-state index in [1.807, 2.05) is 18.2 Å². The fourth-order valence-corrected chi connectivity index (χ4v) is 3.01. The molecule has 0 spiro atoms. The van der Waals surface area contributed by atoms with Crippen LogP contribution in [0.5, 0.6) is 5.75 Å². The standard InChI is InChI=1S/C20H15FN2O2/c1-25-17-6-7-18-13(10-17)8-14(20(18)24)9-16-11-19(23-22-16)12-2-4-15(21)5-3-12/h2-7,9-11H,8H2,1H3,(H,22,23). The van der Waals surface area contributed by atoms with Crippen LogP contribution in [0.15, 0.2) is 54.1 Å². The first-order valence-electron chi connectivity index (χ1n) is 7.87. The first-order valence-corrected chi connectivity index (χ1v) is 7.87. The maximum absolute atomic E-state index is 13.0. The largest absolute Gasteiger partial charge is 0.497 e. The van der Waals surface area contributed by atoms with Crippen LogP contribution < -0.4 is 4.74 Å². The van der Waals surface area contributed by atoms with Crippen molar-refractivity contribution in [1.82, 2.24) is 10.2 Å². The zero-order valence-electron chi connectivity index (χ0n) is 13.5. The normalized spacial score (nSPS) is 14.8. The molecular weight excluding hydrogens is 319 g/mol. The van der Waals surface area contributed by atoms with Crippen LogP contribution in [-0.2, 0) is 6.42 Å². The molecule has 0 radical (unpaired) electrons. The van der Waals surface area contributed by atoms with Crippen LogP contribution in [0, 0.1) is 5.82 Å². The van der Waals surface area contributed by atoms with Crippen molar-refractivity contribution in [1.29, 1.82) is 0 Å². The number of benzene rings is 2. The van der Waals surface area contributed by atoms with E-state index in [4.69, 9.17) is 4.74 Å². The van der Waals surface area contributed by atoms with Crippen LogP contribution >= 0.6 is 0 Å². The molecule has 0 unspecified atom stereocenters. The number of allylic oxidation sites excluding steroid dienone is 1. The number of nitrogens with one attached hydrogen (secondary N) is 1. The third-order valence-corrected chi connectivity index (χ3v) is 4.30. The van der Waals surface area contributed by atoms with Gasteiger partial charge in [0.15, 0.2) is 5.78 Å². The number of carbonyl (C=O) groups is 1. The molecule has 0 saturated heterocycles. The van der Waals surface area contributed by atoms with Gasteiger partial charge in [-0.25, -0.2) is 4.39 Å². The van der Waals surface area contributed by atoms with Gasteiger partial charge in [-0.15, -0.1) is 0 Å². The van der Waals surface area contributed by atoms with E-state index in [0.717, 1.165) is 22.6 Å². The predicted molar refractivity (Wildman–Crippen MR) is 93.0 cm³/mol. The van der Waals surface area contributed by atoms with Gasteiger partial charge in [0.05, 0.1) is 18.5 Å². The lowest BCUT2D eigenvalue weighted by Gasteiger charge is -2.01. The number of rotatable bonds is 3. The highest BCUT2D eigenvalue weighted by atomic mass is 19.1. The number of hydrogen-bond acceptors (Lipinski definition) is 3.